The molecule has 0 aliphatic carbocycles. The molecule has 3 heteroatoms. The Balaban J connectivity index is 0.000000250. The predicted octanol–water partition coefficient (Wildman–Crippen LogP) is 0.407. The fourth-order valence-electron chi connectivity index (χ4n) is 0.215. The van der Waals surface area contributed by atoms with Crippen molar-refractivity contribution in [1.29, 1.82) is 0 Å². The number of nitrogens with zero attached hydrogens (tertiary/aromatic N) is 1. The second-order valence-corrected chi connectivity index (χ2v) is 0.761. The van der Waals surface area contributed by atoms with Crippen molar-refractivity contribution < 1.29 is 19.8 Å². The van der Waals surface area contributed by atoms with Crippen molar-refractivity contribution in [2.24, 2.45) is 0 Å². The maximum Gasteiger partial charge on any atom is 2.00 e. The van der Waals surface area contributed by atoms with E-state index in [4.69, 9.17) is 0 Å². The van der Waals surface area contributed by atoms with E-state index >= 15 is 0 Å². The predicted molar refractivity (Wildman–Crippen MR) is 18.6 cm³/mol. The molecule has 0 aliphatic heterocycles. The Hall–Kier alpha value is -0.154. The summed E-state index contributed by atoms with van der Waals surface area (Å²) >= 11 is 0. The normalized spacial score (nSPS) is 6.67. The second kappa shape index (κ2) is 3.05. The third-order valence-corrected chi connectivity index (χ3v) is 0.406. The van der Waals surface area contributed by atoms with E-state index in [0.29, 0.717) is 0 Å². The number of hydrogen-bond acceptors (Lipinski definition) is 1. The minimum Gasteiger partial charge on any atom is -0.351 e. The van der Waals surface area contributed by atoms with Crippen LogP contribution in [0, 0.1) is 0 Å². The molecule has 0 atom stereocenters. The Bertz CT molecular complexity index is 65.3. The first kappa shape index (κ1) is 5.85. The summed E-state index contributed by atoms with van der Waals surface area (Å²) in [5, 5.41) is 0. The minimum atomic E-state index is 0. The van der Waals surface area contributed by atoms with Crippen LogP contribution in [0.5, 0.6) is 0 Å². The van der Waals surface area contributed by atoms with Crippen LogP contribution in [0.2, 0.25) is 0 Å². The van der Waals surface area contributed by atoms with Gasteiger partial charge in [-0.25, -0.2) is 4.98 Å². The maximum atomic E-state index is 3.67. The molecule has 0 aliphatic rings. The van der Waals surface area contributed by atoms with E-state index in [0.717, 1.165) is 0 Å². The molecule has 2 nitrogen and oxygen atoms in total. The van der Waals surface area contributed by atoms with Crippen LogP contribution in [0.3, 0.4) is 0 Å². The van der Waals surface area contributed by atoms with Crippen LogP contribution in [0.4, 0.5) is 0 Å². The van der Waals surface area contributed by atoms with Gasteiger partial charge in [0.15, 0.2) is 0 Å². The molecule has 0 amide bonds. The molecule has 0 bridgehead atoms. The quantitative estimate of drug-likeness (QED) is 0.717. The van der Waals surface area contributed by atoms with Crippen LogP contribution in [-0.2, 0) is 19.8 Å². The van der Waals surface area contributed by atoms with Gasteiger partial charge >= 0.3 is 19.8 Å². The summed E-state index contributed by atoms with van der Waals surface area (Å²) in [4.78, 5) is 6.42. The average Bonchev–Trinajstić information content (AvgIpc) is 1.76. The standard InChI is InChI=1S/C3H4N2.Os/c1-2-5-3-4-1;/h1-3H,(H,4,5);/q;+2. The third-order valence-electron chi connectivity index (χ3n) is 0.406. The van der Waals surface area contributed by atoms with Gasteiger partial charge in [0.05, 0.1) is 6.33 Å². The summed E-state index contributed by atoms with van der Waals surface area (Å²) in [5.74, 6) is 0. The minimum absolute atomic E-state index is 0. The fraction of sp³-hybridized carbons (Fsp3) is 0. The van der Waals surface area contributed by atoms with Gasteiger partial charge in [0.1, 0.15) is 0 Å². The molecule has 1 aromatic heterocycles. The number of aromatic nitrogens is 2. The molecular formula is C3H4N2Os+2. The van der Waals surface area contributed by atoms with Gasteiger partial charge in [0.25, 0.3) is 0 Å². The Kier molecular flexibility index (Phi) is 2.97. The van der Waals surface area contributed by atoms with E-state index in [-0.39, 0.29) is 19.8 Å². The largest absolute Gasteiger partial charge is 2.00 e. The van der Waals surface area contributed by atoms with Crippen molar-refractivity contribution in [1.82, 2.24) is 9.97 Å². The Labute approximate surface area is 49.0 Å². The Morgan fingerprint density at radius 3 is 2.50 bits per heavy atom. The number of H-pyrrole nitrogens is 1. The molecule has 32 valence electrons. The van der Waals surface area contributed by atoms with Crippen molar-refractivity contribution in [3.05, 3.63) is 18.7 Å². The molecule has 1 N–H and O–H groups in total. The van der Waals surface area contributed by atoms with Crippen LogP contribution < -0.4 is 0 Å². The Morgan fingerprint density at radius 1 is 1.50 bits per heavy atom. The monoisotopic (exact) mass is 260 g/mol. The number of aromatic amines is 1. The van der Waals surface area contributed by atoms with Gasteiger partial charge in [0.2, 0.25) is 0 Å². The summed E-state index contributed by atoms with van der Waals surface area (Å²) in [7, 11) is 0. The van der Waals surface area contributed by atoms with Crippen LogP contribution >= 0.6 is 0 Å². The zero-order chi connectivity index (χ0) is 3.54. The molecule has 0 saturated carbocycles. The van der Waals surface area contributed by atoms with Crippen LogP contribution in [0.15, 0.2) is 18.7 Å². The molecular weight excluding hydrogens is 254 g/mol. The third kappa shape index (κ3) is 1.33. The maximum absolute atomic E-state index is 3.67. The Morgan fingerprint density at radius 2 is 2.33 bits per heavy atom. The van der Waals surface area contributed by atoms with Crippen molar-refractivity contribution in [3.8, 4) is 0 Å². The molecule has 0 unspecified atom stereocenters. The summed E-state index contributed by atoms with van der Waals surface area (Å²) in [6.07, 6.45) is 5.08. The number of imidazole rings is 1. The zero-order valence-electron chi connectivity index (χ0n) is 3.03. The van der Waals surface area contributed by atoms with E-state index in [1.165, 1.54) is 0 Å². The fourth-order valence-corrected chi connectivity index (χ4v) is 0.215. The van der Waals surface area contributed by atoms with Gasteiger partial charge in [0, 0.05) is 12.4 Å². The molecule has 1 rings (SSSR count). The van der Waals surface area contributed by atoms with E-state index < -0.39 is 0 Å². The first-order valence-electron chi connectivity index (χ1n) is 1.43. The first-order chi connectivity index (χ1) is 2.50. The summed E-state index contributed by atoms with van der Waals surface area (Å²) in [6, 6.07) is 0. The van der Waals surface area contributed by atoms with Crippen molar-refractivity contribution >= 4 is 0 Å². The summed E-state index contributed by atoms with van der Waals surface area (Å²) in [5.41, 5.74) is 0. The molecule has 0 fully saturated rings. The van der Waals surface area contributed by atoms with Crippen molar-refractivity contribution in [2.45, 2.75) is 0 Å². The number of rotatable bonds is 0. The SMILES string of the molecule is [Os+2].c1c[nH]cn1. The molecule has 0 radical (unpaired) electrons. The van der Waals surface area contributed by atoms with Crippen molar-refractivity contribution in [2.75, 3.05) is 0 Å². The van der Waals surface area contributed by atoms with Gasteiger partial charge in [-0.3, -0.25) is 0 Å². The molecule has 6 heavy (non-hydrogen) atoms. The van der Waals surface area contributed by atoms with Gasteiger partial charge in [-0.05, 0) is 0 Å². The van der Waals surface area contributed by atoms with Gasteiger partial charge < -0.3 is 4.98 Å². The van der Waals surface area contributed by atoms with Crippen molar-refractivity contribution in [3.63, 3.8) is 0 Å². The van der Waals surface area contributed by atoms with Crippen LogP contribution in [0.1, 0.15) is 0 Å². The molecule has 0 aromatic carbocycles. The van der Waals surface area contributed by atoms with Gasteiger partial charge in [-0.1, -0.05) is 0 Å². The van der Waals surface area contributed by atoms with Gasteiger partial charge in [-0.15, -0.1) is 0 Å². The van der Waals surface area contributed by atoms with Gasteiger partial charge in [-0.2, -0.15) is 0 Å². The van der Waals surface area contributed by atoms with E-state index in [2.05, 4.69) is 9.97 Å². The smallest absolute Gasteiger partial charge is 0.351 e. The number of nitrogens with one attached hydrogen (secondary N) is 1. The second-order valence-electron chi connectivity index (χ2n) is 0.761. The number of hydrogen-bond donors (Lipinski definition) is 1. The summed E-state index contributed by atoms with van der Waals surface area (Å²) < 4.78 is 0. The van der Waals surface area contributed by atoms with Crippen LogP contribution in [0.25, 0.3) is 0 Å². The molecule has 0 spiro atoms. The molecule has 0 saturated heterocycles. The van der Waals surface area contributed by atoms with E-state index in [1.807, 2.05) is 0 Å². The first-order valence-corrected chi connectivity index (χ1v) is 1.43. The summed E-state index contributed by atoms with van der Waals surface area (Å²) in [6.45, 7) is 0. The van der Waals surface area contributed by atoms with Crippen LogP contribution in [-0.4, -0.2) is 9.97 Å². The van der Waals surface area contributed by atoms with E-state index in [9.17, 15) is 0 Å². The molecule has 1 aromatic rings. The average molecular weight is 258 g/mol. The van der Waals surface area contributed by atoms with E-state index in [1.54, 1.807) is 18.7 Å². The molecule has 1 heterocycles. The zero-order valence-corrected chi connectivity index (χ0v) is 5.57. The topological polar surface area (TPSA) is 28.7 Å².